The summed E-state index contributed by atoms with van der Waals surface area (Å²) >= 11 is 0. The van der Waals surface area contributed by atoms with Crippen LogP contribution in [0.1, 0.15) is 43.7 Å². The molecule has 0 N–H and O–H groups in total. The lowest BCUT2D eigenvalue weighted by molar-refractivity contribution is -0.697. The minimum absolute atomic E-state index is 0.849. The first kappa shape index (κ1) is 26.4. The Hall–Kier alpha value is -4.18. The summed E-state index contributed by atoms with van der Waals surface area (Å²) in [7, 11) is 2.04. The first-order valence-corrected chi connectivity index (χ1v) is 14.2. The van der Waals surface area contributed by atoms with Gasteiger partial charge in [0.05, 0.1) is 0 Å². The van der Waals surface area contributed by atoms with Gasteiger partial charge in [0.2, 0.25) is 0 Å². The molecule has 0 saturated heterocycles. The standard InChI is InChI=1S/C35H40N4/c1-3-4-5-8-19-37-22-13-31(14-23-37)33-17-26-39(27-18-33)29-35-10-7-6-9-34(35)28-38-24-15-32(16-25-38)30-11-20-36(2)21-12-30/h6-7,9-18,20-27H,3-5,8,19,28-29H2,1-2H3/q+4. The molecule has 5 aromatic rings. The van der Waals surface area contributed by atoms with Crippen LogP contribution >= 0.6 is 0 Å². The van der Waals surface area contributed by atoms with Crippen LogP contribution in [0.3, 0.4) is 0 Å². The molecule has 0 radical (unpaired) electrons. The lowest BCUT2D eigenvalue weighted by Crippen LogP contribution is -2.36. The van der Waals surface area contributed by atoms with Crippen molar-refractivity contribution in [1.82, 2.24) is 0 Å². The molecule has 0 aliphatic carbocycles. The maximum Gasteiger partial charge on any atom is 0.174 e. The molecular formula is C35H40N4+4. The van der Waals surface area contributed by atoms with Gasteiger partial charge in [0.1, 0.15) is 13.6 Å². The minimum Gasteiger partial charge on any atom is -0.208 e. The van der Waals surface area contributed by atoms with Gasteiger partial charge in [-0.25, -0.2) is 18.3 Å². The van der Waals surface area contributed by atoms with Crippen molar-refractivity contribution in [3.63, 3.8) is 0 Å². The maximum atomic E-state index is 2.30. The van der Waals surface area contributed by atoms with Crippen LogP contribution in [0.15, 0.2) is 122 Å². The molecule has 0 atom stereocenters. The molecule has 0 spiro atoms. The monoisotopic (exact) mass is 516 g/mol. The van der Waals surface area contributed by atoms with Gasteiger partial charge in [-0.15, -0.1) is 0 Å². The summed E-state index contributed by atoms with van der Waals surface area (Å²) in [6.07, 6.45) is 22.5. The zero-order valence-corrected chi connectivity index (χ0v) is 23.3. The fraction of sp³-hybridized carbons (Fsp3) is 0.257. The molecule has 4 heteroatoms. The highest BCUT2D eigenvalue weighted by Crippen LogP contribution is 2.17. The third-order valence-electron chi connectivity index (χ3n) is 7.41. The van der Waals surface area contributed by atoms with Gasteiger partial charge in [-0.1, -0.05) is 44.0 Å². The molecule has 5 rings (SSSR count). The second kappa shape index (κ2) is 13.1. The van der Waals surface area contributed by atoms with Crippen molar-refractivity contribution in [2.24, 2.45) is 7.05 Å². The van der Waals surface area contributed by atoms with Crippen molar-refractivity contribution < 1.29 is 18.3 Å². The molecule has 4 nitrogen and oxygen atoms in total. The first-order chi connectivity index (χ1) is 19.2. The Labute approximate surface area is 233 Å². The summed E-state index contributed by atoms with van der Waals surface area (Å²) in [5.41, 5.74) is 7.65. The molecule has 0 saturated carbocycles. The van der Waals surface area contributed by atoms with E-state index in [1.165, 1.54) is 59.1 Å². The highest BCUT2D eigenvalue weighted by molar-refractivity contribution is 5.61. The molecule has 196 valence electrons. The Balaban J connectivity index is 1.22. The average Bonchev–Trinajstić information content (AvgIpc) is 2.98. The van der Waals surface area contributed by atoms with E-state index in [1.807, 2.05) is 7.05 Å². The van der Waals surface area contributed by atoms with Crippen LogP contribution in [0.4, 0.5) is 0 Å². The SMILES string of the molecule is CCCCCC[n+]1ccc(-c2cc[n+](Cc3ccccc3C[n+]3ccc(-c4cc[n+](C)cc4)cc3)cc2)cc1. The van der Waals surface area contributed by atoms with Crippen LogP contribution in [0.25, 0.3) is 22.3 Å². The van der Waals surface area contributed by atoms with Crippen LogP contribution in [0, 0.1) is 0 Å². The lowest BCUT2D eigenvalue weighted by atomic mass is 10.1. The van der Waals surface area contributed by atoms with Gasteiger partial charge in [-0.2, -0.15) is 0 Å². The number of rotatable bonds is 11. The van der Waals surface area contributed by atoms with Gasteiger partial charge in [-0.3, -0.25) is 0 Å². The van der Waals surface area contributed by atoms with Crippen molar-refractivity contribution in [3.8, 4) is 22.3 Å². The van der Waals surface area contributed by atoms with E-state index in [9.17, 15) is 0 Å². The van der Waals surface area contributed by atoms with Crippen molar-refractivity contribution in [1.29, 1.82) is 0 Å². The second-order valence-electron chi connectivity index (χ2n) is 10.4. The Morgan fingerprint density at radius 3 is 1.31 bits per heavy atom. The maximum absolute atomic E-state index is 2.30. The summed E-state index contributed by atoms with van der Waals surface area (Å²) < 4.78 is 8.88. The summed E-state index contributed by atoms with van der Waals surface area (Å²) in [5.74, 6) is 0. The molecule has 0 amide bonds. The molecule has 0 unspecified atom stereocenters. The van der Waals surface area contributed by atoms with E-state index in [0.717, 1.165) is 19.6 Å². The molecular weight excluding hydrogens is 476 g/mol. The number of hydrogen-bond acceptors (Lipinski definition) is 0. The van der Waals surface area contributed by atoms with Crippen LogP contribution in [-0.4, -0.2) is 0 Å². The van der Waals surface area contributed by atoms with E-state index in [2.05, 4.69) is 148 Å². The van der Waals surface area contributed by atoms with Crippen molar-refractivity contribution >= 4 is 0 Å². The van der Waals surface area contributed by atoms with Crippen LogP contribution in [0.2, 0.25) is 0 Å². The number of nitrogens with zero attached hydrogens (tertiary/aromatic N) is 4. The predicted octanol–water partition coefficient (Wildman–Crippen LogP) is 5.38. The summed E-state index contributed by atoms with van der Waals surface area (Å²) in [4.78, 5) is 0. The summed E-state index contributed by atoms with van der Waals surface area (Å²) in [6, 6.07) is 26.4. The molecule has 0 fully saturated rings. The van der Waals surface area contributed by atoms with Gasteiger partial charge in [0.15, 0.2) is 62.7 Å². The molecule has 1 aromatic carbocycles. The normalized spacial score (nSPS) is 11.0. The fourth-order valence-electron chi connectivity index (χ4n) is 4.98. The van der Waals surface area contributed by atoms with Crippen molar-refractivity contribution in [2.75, 3.05) is 0 Å². The molecule has 0 aliphatic heterocycles. The Bertz CT molecular complexity index is 1460. The van der Waals surface area contributed by atoms with Crippen LogP contribution < -0.4 is 18.3 Å². The quantitative estimate of drug-likeness (QED) is 0.165. The number of benzene rings is 1. The number of aromatic nitrogens is 4. The number of aryl methyl sites for hydroxylation is 2. The molecule has 0 aliphatic rings. The van der Waals surface area contributed by atoms with E-state index in [-0.39, 0.29) is 0 Å². The van der Waals surface area contributed by atoms with E-state index >= 15 is 0 Å². The number of hydrogen-bond donors (Lipinski definition) is 0. The summed E-state index contributed by atoms with van der Waals surface area (Å²) in [6.45, 7) is 5.06. The molecule has 4 heterocycles. The van der Waals surface area contributed by atoms with Gasteiger partial charge in [-0.05, 0) is 28.7 Å². The van der Waals surface area contributed by atoms with E-state index in [1.54, 1.807) is 0 Å². The van der Waals surface area contributed by atoms with E-state index in [4.69, 9.17) is 0 Å². The second-order valence-corrected chi connectivity index (χ2v) is 10.4. The van der Waals surface area contributed by atoms with Gasteiger partial charge >= 0.3 is 0 Å². The third kappa shape index (κ3) is 7.23. The lowest BCUT2D eigenvalue weighted by Gasteiger charge is -2.06. The Morgan fingerprint density at radius 2 is 0.872 bits per heavy atom. The average molecular weight is 517 g/mol. The van der Waals surface area contributed by atoms with E-state index < -0.39 is 0 Å². The number of pyridine rings is 4. The van der Waals surface area contributed by atoms with Gasteiger partial charge in [0.25, 0.3) is 0 Å². The van der Waals surface area contributed by atoms with Gasteiger partial charge in [0, 0.05) is 66.1 Å². The fourth-order valence-corrected chi connectivity index (χ4v) is 4.98. The zero-order chi connectivity index (χ0) is 26.9. The molecule has 4 aromatic heterocycles. The summed E-state index contributed by atoms with van der Waals surface area (Å²) in [5, 5.41) is 0. The van der Waals surface area contributed by atoms with Crippen molar-refractivity contribution in [3.05, 3.63) is 133 Å². The topological polar surface area (TPSA) is 15.5 Å². The number of unbranched alkanes of at least 4 members (excludes halogenated alkanes) is 3. The highest BCUT2D eigenvalue weighted by atomic mass is 14.9. The zero-order valence-electron chi connectivity index (χ0n) is 23.3. The highest BCUT2D eigenvalue weighted by Gasteiger charge is 2.13. The minimum atomic E-state index is 0.849. The smallest absolute Gasteiger partial charge is 0.174 e. The van der Waals surface area contributed by atoms with Crippen LogP contribution in [-0.2, 0) is 26.7 Å². The van der Waals surface area contributed by atoms with Crippen molar-refractivity contribution in [2.45, 2.75) is 52.2 Å². The predicted molar refractivity (Wildman–Crippen MR) is 154 cm³/mol. The van der Waals surface area contributed by atoms with Gasteiger partial charge < -0.3 is 0 Å². The largest absolute Gasteiger partial charge is 0.208 e. The Kier molecular flexibility index (Phi) is 8.85. The third-order valence-corrected chi connectivity index (χ3v) is 7.41. The van der Waals surface area contributed by atoms with Crippen LogP contribution in [0.5, 0.6) is 0 Å². The van der Waals surface area contributed by atoms with E-state index in [0.29, 0.717) is 0 Å². The molecule has 39 heavy (non-hydrogen) atoms. The Morgan fingerprint density at radius 1 is 0.462 bits per heavy atom. The molecule has 0 bridgehead atoms. The first-order valence-electron chi connectivity index (χ1n) is 14.2.